The van der Waals surface area contributed by atoms with Gasteiger partial charge >= 0.3 is 6.09 Å². The van der Waals surface area contributed by atoms with Crippen LogP contribution in [0.3, 0.4) is 0 Å². The number of amides is 1. The Labute approximate surface area is 121 Å². The normalized spacial score (nSPS) is 20.7. The average molecular weight is 283 g/mol. The fraction of sp³-hybridized carbons (Fsp3) is 0.118. The topological polar surface area (TPSA) is 40.5 Å². The van der Waals surface area contributed by atoms with Crippen molar-refractivity contribution in [2.24, 2.45) is 0 Å². The molecular formula is C17H14FNO2. The molecule has 0 aliphatic carbocycles. The summed E-state index contributed by atoms with van der Waals surface area (Å²) >= 11 is 0. The summed E-state index contributed by atoms with van der Waals surface area (Å²) in [5.41, 5.74) is 0.785. The molecule has 2 aromatic rings. The van der Waals surface area contributed by atoms with Gasteiger partial charge in [0.25, 0.3) is 0 Å². The van der Waals surface area contributed by atoms with Crippen molar-refractivity contribution in [1.29, 1.82) is 0 Å². The van der Waals surface area contributed by atoms with Gasteiger partial charge in [0, 0.05) is 6.20 Å². The highest BCUT2D eigenvalue weighted by Crippen LogP contribution is 2.43. The van der Waals surface area contributed by atoms with E-state index in [4.69, 9.17) is 0 Å². The van der Waals surface area contributed by atoms with E-state index in [1.807, 2.05) is 36.4 Å². The zero-order valence-electron chi connectivity index (χ0n) is 11.2. The highest BCUT2D eigenvalue weighted by Gasteiger charge is 2.44. The van der Waals surface area contributed by atoms with Gasteiger partial charge in [0.05, 0.1) is 0 Å². The number of carboxylic acid groups (broad SMARTS) is 1. The fourth-order valence-electron chi connectivity index (χ4n) is 2.90. The second-order valence-electron chi connectivity index (χ2n) is 4.97. The van der Waals surface area contributed by atoms with Gasteiger partial charge in [-0.2, -0.15) is 0 Å². The second kappa shape index (κ2) is 5.05. The van der Waals surface area contributed by atoms with Crippen molar-refractivity contribution in [3.8, 4) is 0 Å². The third-order valence-electron chi connectivity index (χ3n) is 3.86. The number of rotatable bonds is 2. The van der Waals surface area contributed by atoms with E-state index in [0.717, 1.165) is 11.1 Å². The summed E-state index contributed by atoms with van der Waals surface area (Å²) in [6.07, 6.45) is 2.88. The van der Waals surface area contributed by atoms with Crippen molar-refractivity contribution in [3.63, 3.8) is 0 Å². The molecule has 1 atom stereocenters. The van der Waals surface area contributed by atoms with Crippen LogP contribution >= 0.6 is 0 Å². The molecular weight excluding hydrogens is 269 g/mol. The standard InChI is InChI=1S/C17H14FNO2/c18-15-9-7-14(8-10-15)17(13-5-2-1-3-6-13)11-4-12-19(17)16(20)21/h1-10,12H,11H2,(H,20,21). The van der Waals surface area contributed by atoms with Gasteiger partial charge in [0.15, 0.2) is 0 Å². The maximum Gasteiger partial charge on any atom is 0.412 e. The van der Waals surface area contributed by atoms with Crippen LogP contribution in [-0.4, -0.2) is 16.1 Å². The van der Waals surface area contributed by atoms with Crippen LogP contribution in [0.15, 0.2) is 66.9 Å². The fourth-order valence-corrected chi connectivity index (χ4v) is 2.90. The quantitative estimate of drug-likeness (QED) is 0.906. The third kappa shape index (κ3) is 2.09. The lowest BCUT2D eigenvalue weighted by atomic mass is 9.80. The molecule has 21 heavy (non-hydrogen) atoms. The first-order valence-corrected chi connectivity index (χ1v) is 6.65. The van der Waals surface area contributed by atoms with Gasteiger partial charge in [0.1, 0.15) is 11.4 Å². The Morgan fingerprint density at radius 1 is 1.05 bits per heavy atom. The molecule has 4 heteroatoms. The lowest BCUT2D eigenvalue weighted by molar-refractivity contribution is 0.131. The molecule has 1 amide bonds. The zero-order valence-corrected chi connectivity index (χ0v) is 11.2. The lowest BCUT2D eigenvalue weighted by Gasteiger charge is -2.37. The van der Waals surface area contributed by atoms with Crippen LogP contribution in [0.2, 0.25) is 0 Å². The van der Waals surface area contributed by atoms with Gasteiger partial charge in [-0.05, 0) is 29.7 Å². The van der Waals surface area contributed by atoms with Crippen LogP contribution in [0.5, 0.6) is 0 Å². The number of halogens is 1. The molecule has 0 saturated carbocycles. The molecule has 106 valence electrons. The minimum Gasteiger partial charge on any atom is -0.465 e. The van der Waals surface area contributed by atoms with Crippen molar-refractivity contribution in [2.75, 3.05) is 0 Å². The van der Waals surface area contributed by atoms with Crippen LogP contribution in [-0.2, 0) is 5.54 Å². The summed E-state index contributed by atoms with van der Waals surface area (Å²) in [4.78, 5) is 12.9. The van der Waals surface area contributed by atoms with Crippen LogP contribution in [0.25, 0.3) is 0 Å². The van der Waals surface area contributed by atoms with Gasteiger partial charge in [-0.15, -0.1) is 0 Å². The maximum absolute atomic E-state index is 13.2. The van der Waals surface area contributed by atoms with E-state index >= 15 is 0 Å². The molecule has 0 spiro atoms. The van der Waals surface area contributed by atoms with E-state index in [0.29, 0.717) is 6.42 Å². The molecule has 2 aromatic carbocycles. The smallest absolute Gasteiger partial charge is 0.412 e. The molecule has 0 bridgehead atoms. The molecule has 1 unspecified atom stereocenters. The summed E-state index contributed by atoms with van der Waals surface area (Å²) in [7, 11) is 0. The predicted molar refractivity (Wildman–Crippen MR) is 77.2 cm³/mol. The first kappa shape index (κ1) is 13.4. The van der Waals surface area contributed by atoms with Crippen molar-refractivity contribution in [2.45, 2.75) is 12.0 Å². The average Bonchev–Trinajstić information content (AvgIpc) is 2.95. The number of carbonyl (C=O) groups is 1. The molecule has 0 aromatic heterocycles. The summed E-state index contributed by atoms with van der Waals surface area (Å²) in [6.45, 7) is 0. The van der Waals surface area contributed by atoms with E-state index in [1.54, 1.807) is 18.3 Å². The van der Waals surface area contributed by atoms with Gasteiger partial charge in [0.2, 0.25) is 0 Å². The Morgan fingerprint density at radius 3 is 2.29 bits per heavy atom. The van der Waals surface area contributed by atoms with E-state index in [9.17, 15) is 14.3 Å². The first-order valence-electron chi connectivity index (χ1n) is 6.65. The van der Waals surface area contributed by atoms with Crippen molar-refractivity contribution in [1.82, 2.24) is 4.90 Å². The van der Waals surface area contributed by atoms with E-state index in [-0.39, 0.29) is 5.82 Å². The SMILES string of the molecule is O=C(O)N1C=CCC1(c1ccccc1)c1ccc(F)cc1. The summed E-state index contributed by atoms with van der Waals surface area (Å²) < 4.78 is 13.2. The molecule has 1 N–H and O–H groups in total. The van der Waals surface area contributed by atoms with E-state index in [2.05, 4.69) is 0 Å². The van der Waals surface area contributed by atoms with Crippen molar-refractivity contribution >= 4 is 6.09 Å². The van der Waals surface area contributed by atoms with Crippen molar-refractivity contribution in [3.05, 3.63) is 83.8 Å². The van der Waals surface area contributed by atoms with Crippen LogP contribution in [0, 0.1) is 5.82 Å². The highest BCUT2D eigenvalue weighted by atomic mass is 19.1. The van der Waals surface area contributed by atoms with Gasteiger partial charge in [-0.3, -0.25) is 4.90 Å². The first-order chi connectivity index (χ1) is 10.1. The molecule has 0 saturated heterocycles. The molecule has 0 radical (unpaired) electrons. The van der Waals surface area contributed by atoms with Gasteiger partial charge in [-0.25, -0.2) is 9.18 Å². The predicted octanol–water partition coefficient (Wildman–Crippen LogP) is 3.97. The van der Waals surface area contributed by atoms with E-state index < -0.39 is 11.6 Å². The maximum atomic E-state index is 13.2. The number of hydrogen-bond donors (Lipinski definition) is 1. The Bertz CT molecular complexity index is 682. The number of hydrogen-bond acceptors (Lipinski definition) is 1. The lowest BCUT2D eigenvalue weighted by Crippen LogP contribution is -2.43. The molecule has 3 nitrogen and oxygen atoms in total. The van der Waals surface area contributed by atoms with Crippen LogP contribution in [0.4, 0.5) is 9.18 Å². The molecule has 1 aliphatic heterocycles. The van der Waals surface area contributed by atoms with Crippen molar-refractivity contribution < 1.29 is 14.3 Å². The molecule has 3 rings (SSSR count). The van der Waals surface area contributed by atoms with E-state index in [1.165, 1.54) is 17.0 Å². The largest absolute Gasteiger partial charge is 0.465 e. The Morgan fingerprint density at radius 2 is 1.67 bits per heavy atom. The van der Waals surface area contributed by atoms with Crippen LogP contribution in [0.1, 0.15) is 17.5 Å². The summed E-state index contributed by atoms with van der Waals surface area (Å²) in [6, 6.07) is 15.4. The van der Waals surface area contributed by atoms with Gasteiger partial charge < -0.3 is 5.11 Å². The highest BCUT2D eigenvalue weighted by molar-refractivity contribution is 5.70. The summed E-state index contributed by atoms with van der Waals surface area (Å²) in [5, 5.41) is 9.53. The summed E-state index contributed by atoms with van der Waals surface area (Å²) in [5.74, 6) is -0.338. The van der Waals surface area contributed by atoms with Gasteiger partial charge in [-0.1, -0.05) is 48.5 Å². The molecule has 1 aliphatic rings. The molecule has 1 heterocycles. The minimum atomic E-state index is -1.03. The zero-order chi connectivity index (χ0) is 14.9. The number of benzene rings is 2. The Hall–Kier alpha value is -2.62. The third-order valence-corrected chi connectivity index (χ3v) is 3.86. The number of nitrogens with zero attached hydrogens (tertiary/aromatic N) is 1. The molecule has 0 fully saturated rings. The minimum absolute atomic E-state index is 0.338. The monoisotopic (exact) mass is 283 g/mol. The Balaban J connectivity index is 2.21. The second-order valence-corrected chi connectivity index (χ2v) is 4.97. The van der Waals surface area contributed by atoms with Crippen LogP contribution < -0.4 is 0 Å². The Kier molecular flexibility index (Phi) is 3.22.